The number of aromatic nitrogens is 2. The predicted molar refractivity (Wildman–Crippen MR) is 132 cm³/mol. The summed E-state index contributed by atoms with van der Waals surface area (Å²) in [5, 5.41) is 7.17. The number of carbonyl (C=O) groups excluding carboxylic acids is 2. The lowest BCUT2D eigenvalue weighted by Crippen LogP contribution is -2.33. The molecule has 0 spiro atoms. The number of benzene rings is 2. The van der Waals surface area contributed by atoms with E-state index < -0.39 is 5.91 Å². The Bertz CT molecular complexity index is 1190. The fourth-order valence-corrected chi connectivity index (χ4v) is 3.30. The van der Waals surface area contributed by atoms with Gasteiger partial charge in [-0.05, 0) is 30.7 Å². The monoisotopic (exact) mass is 478 g/mol. The molecule has 0 saturated carbocycles. The molecule has 0 aliphatic carbocycles. The summed E-state index contributed by atoms with van der Waals surface area (Å²) < 4.78 is 12.6. The molecule has 9 nitrogen and oxygen atoms in total. The maximum absolute atomic E-state index is 13.0. The third-order valence-corrected chi connectivity index (χ3v) is 5.27. The van der Waals surface area contributed by atoms with Gasteiger partial charge in [0, 0.05) is 25.7 Å². The van der Waals surface area contributed by atoms with Crippen LogP contribution in [-0.2, 0) is 11.3 Å². The second-order valence-corrected chi connectivity index (χ2v) is 7.99. The van der Waals surface area contributed by atoms with Crippen LogP contribution in [0.3, 0.4) is 0 Å². The van der Waals surface area contributed by atoms with Gasteiger partial charge in [-0.3, -0.25) is 14.4 Å². The van der Waals surface area contributed by atoms with Crippen molar-refractivity contribution in [1.82, 2.24) is 20.0 Å². The van der Waals surface area contributed by atoms with Crippen molar-refractivity contribution < 1.29 is 19.1 Å². The van der Waals surface area contributed by atoms with E-state index >= 15 is 0 Å². The number of rotatable bonds is 11. The number of nitrogens with one attached hydrogen (secondary N) is 1. The number of likely N-dealkylation sites (N-methyl/N-ethyl adjacent to an activating group) is 1. The maximum atomic E-state index is 13.0. The molecule has 0 bridgehead atoms. The van der Waals surface area contributed by atoms with Gasteiger partial charge in [-0.15, -0.1) is 0 Å². The lowest BCUT2D eigenvalue weighted by atomic mass is 10.0. The Kier molecular flexibility index (Phi) is 9.00. The third kappa shape index (κ3) is 7.17. The van der Waals surface area contributed by atoms with E-state index in [2.05, 4.69) is 10.4 Å². The van der Waals surface area contributed by atoms with E-state index in [1.807, 2.05) is 55.5 Å². The lowest BCUT2D eigenvalue weighted by Gasteiger charge is -2.21. The van der Waals surface area contributed by atoms with Gasteiger partial charge in [0.15, 0.2) is 6.61 Å². The first kappa shape index (κ1) is 25.5. The molecule has 0 aliphatic heterocycles. The average Bonchev–Trinajstić information content (AvgIpc) is 2.87. The zero-order valence-electron chi connectivity index (χ0n) is 20.1. The van der Waals surface area contributed by atoms with Crippen LogP contribution in [0.25, 0.3) is 0 Å². The smallest absolute Gasteiger partial charge is 0.272 e. The number of nitrogens with zero attached hydrogens (tertiary/aromatic N) is 3. The van der Waals surface area contributed by atoms with Crippen LogP contribution in [0, 0.1) is 0 Å². The van der Waals surface area contributed by atoms with Crippen molar-refractivity contribution in [2.45, 2.75) is 25.9 Å². The van der Waals surface area contributed by atoms with Gasteiger partial charge in [-0.1, -0.05) is 43.3 Å². The van der Waals surface area contributed by atoms with Crippen LogP contribution in [0.2, 0.25) is 0 Å². The number of hydrogen-bond acceptors (Lipinski definition) is 6. The van der Waals surface area contributed by atoms with Crippen molar-refractivity contribution in [3.05, 3.63) is 88.3 Å². The van der Waals surface area contributed by atoms with Gasteiger partial charge in [0.2, 0.25) is 0 Å². The second kappa shape index (κ2) is 12.4. The van der Waals surface area contributed by atoms with Gasteiger partial charge in [-0.25, -0.2) is 4.68 Å². The molecule has 0 saturated heterocycles. The van der Waals surface area contributed by atoms with Crippen LogP contribution < -0.4 is 20.3 Å². The summed E-state index contributed by atoms with van der Waals surface area (Å²) >= 11 is 0. The highest BCUT2D eigenvalue weighted by Gasteiger charge is 2.20. The SMILES string of the molecule is CCC(NC(=O)c1ccc(=O)n(CCOc2ccccc2)n1)c1ccccc1OCC(=O)N(C)C. The van der Waals surface area contributed by atoms with Crippen LogP contribution in [0.5, 0.6) is 11.5 Å². The number of hydrogen-bond donors (Lipinski definition) is 1. The summed E-state index contributed by atoms with van der Waals surface area (Å²) in [5.41, 5.74) is 0.540. The Morgan fingerprint density at radius 3 is 2.43 bits per heavy atom. The quantitative estimate of drug-likeness (QED) is 0.455. The predicted octanol–water partition coefficient (Wildman–Crippen LogP) is 2.67. The van der Waals surface area contributed by atoms with E-state index in [1.54, 1.807) is 20.2 Å². The van der Waals surface area contributed by atoms with Crippen molar-refractivity contribution in [3.8, 4) is 11.5 Å². The Morgan fingerprint density at radius 2 is 1.71 bits per heavy atom. The number of carbonyl (C=O) groups is 2. The van der Waals surface area contributed by atoms with Gasteiger partial charge in [-0.2, -0.15) is 5.10 Å². The van der Waals surface area contributed by atoms with Crippen LogP contribution in [0.1, 0.15) is 35.4 Å². The van der Waals surface area contributed by atoms with Crippen molar-refractivity contribution in [1.29, 1.82) is 0 Å². The van der Waals surface area contributed by atoms with E-state index in [9.17, 15) is 14.4 Å². The average molecular weight is 479 g/mol. The van der Waals surface area contributed by atoms with Crippen molar-refractivity contribution >= 4 is 11.8 Å². The molecule has 35 heavy (non-hydrogen) atoms. The minimum atomic E-state index is -0.422. The molecule has 1 N–H and O–H groups in total. The number of amides is 2. The van der Waals surface area contributed by atoms with E-state index in [0.717, 1.165) is 5.56 Å². The molecule has 2 amide bonds. The molecule has 2 aromatic carbocycles. The maximum Gasteiger partial charge on any atom is 0.272 e. The molecular formula is C26H30N4O5. The van der Waals surface area contributed by atoms with Crippen LogP contribution in [0.15, 0.2) is 71.5 Å². The van der Waals surface area contributed by atoms with Crippen LogP contribution >= 0.6 is 0 Å². The van der Waals surface area contributed by atoms with Gasteiger partial charge in [0.1, 0.15) is 23.8 Å². The molecule has 1 aromatic heterocycles. The topological polar surface area (TPSA) is 103 Å². The fraction of sp³-hybridized carbons (Fsp3) is 0.308. The number of ether oxygens (including phenoxy) is 2. The van der Waals surface area contributed by atoms with Gasteiger partial charge >= 0.3 is 0 Å². The highest BCUT2D eigenvalue weighted by atomic mass is 16.5. The summed E-state index contributed by atoms with van der Waals surface area (Å²) in [5.74, 6) is 0.618. The summed E-state index contributed by atoms with van der Waals surface area (Å²) in [6.45, 7) is 2.26. The van der Waals surface area contributed by atoms with Crippen LogP contribution in [0.4, 0.5) is 0 Å². The third-order valence-electron chi connectivity index (χ3n) is 5.27. The molecule has 3 rings (SSSR count). The van der Waals surface area contributed by atoms with Gasteiger partial charge in [0.25, 0.3) is 17.4 Å². The summed E-state index contributed by atoms with van der Waals surface area (Å²) in [4.78, 5) is 38.6. The normalized spacial score (nSPS) is 11.4. The standard InChI is InChI=1S/C26H30N4O5/c1-4-21(20-12-8-9-13-23(20)35-18-25(32)29(2)3)27-26(33)22-14-15-24(31)30(28-22)16-17-34-19-10-6-5-7-11-19/h5-15,21H,4,16-18H2,1-3H3,(H,27,33). The summed E-state index contributed by atoms with van der Waals surface area (Å²) in [6.07, 6.45) is 0.582. The first-order chi connectivity index (χ1) is 16.9. The largest absolute Gasteiger partial charge is 0.492 e. The molecule has 0 fully saturated rings. The Balaban J connectivity index is 1.69. The molecular weight excluding hydrogens is 448 g/mol. The van der Waals surface area contributed by atoms with Crippen molar-refractivity contribution in [3.63, 3.8) is 0 Å². The molecule has 1 heterocycles. The molecule has 0 radical (unpaired) electrons. The Morgan fingerprint density at radius 1 is 1.00 bits per heavy atom. The van der Waals surface area contributed by atoms with E-state index in [4.69, 9.17) is 9.47 Å². The van der Waals surface area contributed by atoms with E-state index in [1.165, 1.54) is 21.7 Å². The molecule has 1 atom stereocenters. The van der Waals surface area contributed by atoms with Gasteiger partial charge in [0.05, 0.1) is 12.6 Å². The number of para-hydroxylation sites is 2. The van der Waals surface area contributed by atoms with E-state index in [-0.39, 0.29) is 43.0 Å². The minimum absolute atomic E-state index is 0.105. The lowest BCUT2D eigenvalue weighted by molar-refractivity contribution is -0.130. The Hall–Kier alpha value is -4.14. The summed E-state index contributed by atoms with van der Waals surface area (Å²) in [6, 6.07) is 18.8. The van der Waals surface area contributed by atoms with E-state index in [0.29, 0.717) is 17.9 Å². The molecule has 184 valence electrons. The van der Waals surface area contributed by atoms with Crippen LogP contribution in [-0.4, -0.2) is 53.8 Å². The van der Waals surface area contributed by atoms with Crippen molar-refractivity contribution in [2.75, 3.05) is 27.3 Å². The minimum Gasteiger partial charge on any atom is -0.492 e. The molecule has 0 aliphatic rings. The first-order valence-electron chi connectivity index (χ1n) is 11.4. The highest BCUT2D eigenvalue weighted by Crippen LogP contribution is 2.27. The zero-order chi connectivity index (χ0) is 25.2. The Labute approximate surface area is 204 Å². The summed E-state index contributed by atoms with van der Waals surface area (Å²) in [7, 11) is 3.32. The van der Waals surface area contributed by atoms with Gasteiger partial charge < -0.3 is 19.7 Å². The molecule has 1 unspecified atom stereocenters. The molecule has 3 aromatic rings. The first-order valence-corrected chi connectivity index (χ1v) is 11.4. The second-order valence-electron chi connectivity index (χ2n) is 7.99. The fourth-order valence-electron chi connectivity index (χ4n) is 3.30. The zero-order valence-corrected chi connectivity index (χ0v) is 20.1. The highest BCUT2D eigenvalue weighted by molar-refractivity contribution is 5.92. The van der Waals surface area contributed by atoms with Crippen molar-refractivity contribution in [2.24, 2.45) is 0 Å². The molecule has 9 heteroatoms.